The van der Waals surface area contributed by atoms with Crippen LogP contribution in [0.15, 0.2) is 12.3 Å². The number of aromatic nitrogens is 3. The van der Waals surface area contributed by atoms with Crippen LogP contribution in [0.25, 0.3) is 11.3 Å². The molecule has 222 valence electrons. The van der Waals surface area contributed by atoms with Crippen molar-refractivity contribution >= 4 is 33.2 Å². The van der Waals surface area contributed by atoms with E-state index in [4.69, 9.17) is 16.3 Å². The molecule has 2 fully saturated rings. The Balaban J connectivity index is 1.53. The Morgan fingerprint density at radius 1 is 1.30 bits per heavy atom. The summed E-state index contributed by atoms with van der Waals surface area (Å²) in [6.45, 7) is 0.812. The van der Waals surface area contributed by atoms with E-state index in [0.717, 1.165) is 6.42 Å². The van der Waals surface area contributed by atoms with Crippen molar-refractivity contribution in [1.82, 2.24) is 20.1 Å². The molecule has 2 saturated carbocycles. The molecule has 1 atom stereocenters. The van der Waals surface area contributed by atoms with Gasteiger partial charge in [0.25, 0.3) is 5.91 Å². The van der Waals surface area contributed by atoms with E-state index in [2.05, 4.69) is 20.7 Å². The lowest BCUT2D eigenvalue weighted by Crippen LogP contribution is -2.47. The fourth-order valence-corrected chi connectivity index (χ4v) is 6.60. The number of amides is 1. The zero-order valence-electron chi connectivity index (χ0n) is 22.8. The summed E-state index contributed by atoms with van der Waals surface area (Å²) in [6.07, 6.45) is 6.90. The van der Waals surface area contributed by atoms with Gasteiger partial charge in [0.2, 0.25) is 0 Å². The van der Waals surface area contributed by atoms with Gasteiger partial charge in [-0.1, -0.05) is 24.4 Å². The summed E-state index contributed by atoms with van der Waals surface area (Å²) in [7, 11) is -3.20. The third-order valence-electron chi connectivity index (χ3n) is 7.57. The number of aliphatic hydroxyl groups is 1. The monoisotopic (exact) mass is 603 g/mol. The minimum absolute atomic E-state index is 0.0733. The van der Waals surface area contributed by atoms with Gasteiger partial charge in [0.05, 0.1) is 27.1 Å². The molecule has 3 N–H and O–H groups in total. The maximum Gasteiger partial charge on any atom is 0.387 e. The number of hydrogen-bond donors (Lipinski definition) is 3. The Morgan fingerprint density at radius 2 is 1.98 bits per heavy atom. The molecule has 2 aromatic rings. The highest BCUT2D eigenvalue weighted by atomic mass is 35.5. The number of hydrogen-bond acceptors (Lipinski definition) is 8. The third kappa shape index (κ3) is 7.41. The molecule has 0 radical (unpaired) electrons. The molecule has 14 heteroatoms. The summed E-state index contributed by atoms with van der Waals surface area (Å²) >= 11 is 6.60. The molecular weight excluding hydrogens is 568 g/mol. The van der Waals surface area contributed by atoms with Crippen molar-refractivity contribution in [3.8, 4) is 17.0 Å². The lowest BCUT2D eigenvalue weighted by Gasteiger charge is -2.35. The van der Waals surface area contributed by atoms with E-state index in [9.17, 15) is 27.1 Å². The number of nitrogens with zero attached hydrogens (tertiary/aromatic N) is 3. The highest BCUT2D eigenvalue weighted by molar-refractivity contribution is 7.91. The van der Waals surface area contributed by atoms with Gasteiger partial charge in [-0.15, -0.1) is 0 Å². The molecule has 0 aromatic carbocycles. The second kappa shape index (κ2) is 12.2. The second-order valence-electron chi connectivity index (χ2n) is 10.9. The van der Waals surface area contributed by atoms with Crippen LogP contribution in [0.4, 0.5) is 14.6 Å². The molecule has 40 heavy (non-hydrogen) atoms. The summed E-state index contributed by atoms with van der Waals surface area (Å²) in [5.41, 5.74) is -1.06. The minimum atomic E-state index is -3.20. The predicted octanol–water partition coefficient (Wildman–Crippen LogP) is 4.27. The van der Waals surface area contributed by atoms with E-state index in [0.29, 0.717) is 24.6 Å². The van der Waals surface area contributed by atoms with Crippen LogP contribution in [0.2, 0.25) is 5.02 Å². The fraction of sp³-hybridized carbons (Fsp3) is 0.654. The van der Waals surface area contributed by atoms with E-state index in [-0.39, 0.29) is 59.7 Å². The van der Waals surface area contributed by atoms with Gasteiger partial charge in [-0.2, -0.15) is 13.9 Å². The number of aryl methyl sites for hydroxylation is 1. The molecule has 2 aromatic heterocycles. The van der Waals surface area contributed by atoms with Gasteiger partial charge in [-0.25, -0.2) is 13.4 Å². The second-order valence-corrected chi connectivity index (χ2v) is 13.6. The Kier molecular flexibility index (Phi) is 9.25. The summed E-state index contributed by atoms with van der Waals surface area (Å²) in [5, 5.41) is 20.5. The highest BCUT2D eigenvalue weighted by Crippen LogP contribution is 2.39. The minimum Gasteiger partial charge on any atom is -0.434 e. The van der Waals surface area contributed by atoms with Gasteiger partial charge in [-0.3, -0.25) is 9.48 Å². The number of carbonyl (C=O) groups excluding carboxylic acids is 1. The summed E-state index contributed by atoms with van der Waals surface area (Å²) in [4.78, 5) is 17.4. The van der Waals surface area contributed by atoms with Crippen molar-refractivity contribution in [2.45, 2.75) is 88.8 Å². The molecule has 2 aliphatic carbocycles. The molecule has 2 aliphatic rings. The van der Waals surface area contributed by atoms with Gasteiger partial charge >= 0.3 is 6.61 Å². The lowest BCUT2D eigenvalue weighted by atomic mass is 9.84. The normalized spacial score (nSPS) is 22.2. The van der Waals surface area contributed by atoms with Gasteiger partial charge in [0.15, 0.2) is 5.69 Å². The van der Waals surface area contributed by atoms with Crippen molar-refractivity contribution < 1.29 is 31.8 Å². The summed E-state index contributed by atoms with van der Waals surface area (Å²) in [6, 6.07) is 1.48. The van der Waals surface area contributed by atoms with Crippen LogP contribution in [0.5, 0.6) is 5.75 Å². The van der Waals surface area contributed by atoms with E-state index < -0.39 is 33.2 Å². The van der Waals surface area contributed by atoms with Crippen molar-refractivity contribution in [2.75, 3.05) is 18.1 Å². The van der Waals surface area contributed by atoms with E-state index >= 15 is 0 Å². The summed E-state index contributed by atoms with van der Waals surface area (Å²) < 4.78 is 56.6. The third-order valence-corrected chi connectivity index (χ3v) is 9.61. The standard InChI is InChI=1S/C26H36ClF2N5O5S/c1-4-34-23(18-13-30-20(12-19(18)39-25(28)29)32-15(2)11-16-5-6-16)21(27)22(33-34)24(35)31-14-26(36)9-7-17(8-10-26)40(3,37)38/h12-13,15-17,25,36H,4-11,14H2,1-3H3,(H,30,32)(H,31,35)/t15-,17-,26+/m0/s1. The first-order chi connectivity index (χ1) is 18.8. The molecule has 2 heterocycles. The first-order valence-electron chi connectivity index (χ1n) is 13.5. The number of ether oxygens (including phenoxy) is 1. The largest absolute Gasteiger partial charge is 0.434 e. The van der Waals surface area contributed by atoms with Crippen LogP contribution in [-0.4, -0.2) is 70.5 Å². The average molecular weight is 604 g/mol. The first-order valence-corrected chi connectivity index (χ1v) is 15.8. The van der Waals surface area contributed by atoms with Crippen LogP contribution in [-0.2, 0) is 16.4 Å². The molecule has 4 rings (SSSR count). The van der Waals surface area contributed by atoms with Gasteiger partial charge in [0.1, 0.15) is 21.4 Å². The smallest absolute Gasteiger partial charge is 0.387 e. The topological polar surface area (TPSA) is 135 Å². The number of anilines is 1. The van der Waals surface area contributed by atoms with Crippen LogP contribution >= 0.6 is 11.6 Å². The summed E-state index contributed by atoms with van der Waals surface area (Å²) in [5.74, 6) is 0.229. The Bertz CT molecular complexity index is 1330. The van der Waals surface area contributed by atoms with E-state index in [1.54, 1.807) is 6.92 Å². The number of nitrogens with one attached hydrogen (secondary N) is 2. The van der Waals surface area contributed by atoms with Gasteiger partial charge in [-0.05, 0) is 51.9 Å². The zero-order chi connectivity index (χ0) is 29.2. The van der Waals surface area contributed by atoms with Crippen LogP contribution < -0.4 is 15.4 Å². The molecule has 0 spiro atoms. The van der Waals surface area contributed by atoms with Crippen molar-refractivity contribution in [2.24, 2.45) is 5.92 Å². The number of alkyl halides is 2. The number of rotatable bonds is 12. The van der Waals surface area contributed by atoms with Crippen LogP contribution in [0.3, 0.4) is 0 Å². The molecular formula is C26H36ClF2N5O5S. The Morgan fingerprint density at radius 3 is 2.55 bits per heavy atom. The van der Waals surface area contributed by atoms with Crippen molar-refractivity contribution in [3.63, 3.8) is 0 Å². The first kappa shape index (κ1) is 30.4. The molecule has 0 unspecified atom stereocenters. The maximum absolute atomic E-state index is 13.4. The predicted molar refractivity (Wildman–Crippen MR) is 148 cm³/mol. The van der Waals surface area contributed by atoms with Gasteiger partial charge < -0.3 is 20.5 Å². The van der Waals surface area contributed by atoms with Crippen molar-refractivity contribution in [3.05, 3.63) is 23.0 Å². The van der Waals surface area contributed by atoms with Crippen molar-refractivity contribution in [1.29, 1.82) is 0 Å². The maximum atomic E-state index is 13.4. The molecule has 0 aliphatic heterocycles. The number of pyridine rings is 1. The molecule has 0 bridgehead atoms. The Labute approximate surface area is 237 Å². The van der Waals surface area contributed by atoms with E-state index in [1.807, 2.05) is 6.92 Å². The lowest BCUT2D eigenvalue weighted by molar-refractivity contribution is -0.0494. The number of halogens is 3. The quantitative estimate of drug-likeness (QED) is 0.327. The molecule has 10 nitrogen and oxygen atoms in total. The molecule has 0 saturated heterocycles. The average Bonchev–Trinajstić information content (AvgIpc) is 3.62. The fourth-order valence-electron chi connectivity index (χ4n) is 5.19. The van der Waals surface area contributed by atoms with E-state index in [1.165, 1.54) is 36.0 Å². The zero-order valence-corrected chi connectivity index (χ0v) is 24.4. The SMILES string of the molecule is CCn1nc(C(=O)NC[C@]2(O)CC[C@@H](S(C)(=O)=O)CC2)c(Cl)c1-c1cnc(N[C@@H](C)CC2CC2)cc1OC(F)F. The van der Waals surface area contributed by atoms with Gasteiger partial charge in [0, 0.05) is 37.7 Å². The molecule has 1 amide bonds. The Hall–Kier alpha value is -2.51. The number of sulfone groups is 1. The van der Waals surface area contributed by atoms with Crippen LogP contribution in [0, 0.1) is 5.92 Å². The van der Waals surface area contributed by atoms with Crippen LogP contribution in [0.1, 0.15) is 69.3 Å². The number of carbonyl (C=O) groups is 1. The highest BCUT2D eigenvalue weighted by Gasteiger charge is 2.37.